The van der Waals surface area contributed by atoms with Crippen molar-refractivity contribution in [3.63, 3.8) is 0 Å². The van der Waals surface area contributed by atoms with Gasteiger partial charge >= 0.3 is 5.97 Å². The van der Waals surface area contributed by atoms with E-state index in [-0.39, 0.29) is 16.5 Å². The van der Waals surface area contributed by atoms with Crippen molar-refractivity contribution < 1.29 is 14.1 Å². The van der Waals surface area contributed by atoms with Gasteiger partial charge in [-0.15, -0.1) is 0 Å². The van der Waals surface area contributed by atoms with Crippen LogP contribution in [-0.2, 0) is 4.74 Å². The highest BCUT2D eigenvalue weighted by Gasteiger charge is 2.21. The first-order chi connectivity index (χ1) is 11.5. The number of pyridine rings is 1. The van der Waals surface area contributed by atoms with Gasteiger partial charge in [0, 0.05) is 23.0 Å². The lowest BCUT2D eigenvalue weighted by Crippen LogP contribution is -2.10. The van der Waals surface area contributed by atoms with Gasteiger partial charge in [0.25, 0.3) is 5.89 Å². The fraction of sp³-hybridized carbons (Fsp3) is 0.125. The molecule has 6 nitrogen and oxygen atoms in total. The van der Waals surface area contributed by atoms with Crippen LogP contribution >= 0.6 is 23.2 Å². The number of esters is 1. The zero-order valence-corrected chi connectivity index (χ0v) is 14.0. The number of nitrogens with zero attached hydrogens (tertiary/aromatic N) is 3. The summed E-state index contributed by atoms with van der Waals surface area (Å²) >= 11 is 11.8. The lowest BCUT2D eigenvalue weighted by atomic mass is 10.2. The van der Waals surface area contributed by atoms with Crippen LogP contribution in [0.4, 0.5) is 0 Å². The first-order valence-electron chi connectivity index (χ1n) is 6.94. The van der Waals surface area contributed by atoms with Crippen molar-refractivity contribution in [2.45, 2.75) is 13.0 Å². The molecule has 122 valence electrons. The first-order valence-corrected chi connectivity index (χ1v) is 7.70. The van der Waals surface area contributed by atoms with E-state index in [1.165, 1.54) is 12.1 Å². The highest BCUT2D eigenvalue weighted by Crippen LogP contribution is 2.25. The third-order valence-corrected chi connectivity index (χ3v) is 3.69. The van der Waals surface area contributed by atoms with Crippen LogP contribution in [0, 0.1) is 0 Å². The van der Waals surface area contributed by atoms with Gasteiger partial charge in [0.2, 0.25) is 5.82 Å². The van der Waals surface area contributed by atoms with Crippen molar-refractivity contribution in [1.29, 1.82) is 0 Å². The van der Waals surface area contributed by atoms with Crippen LogP contribution in [0.3, 0.4) is 0 Å². The molecule has 0 saturated carbocycles. The van der Waals surface area contributed by atoms with Crippen molar-refractivity contribution >= 4 is 29.2 Å². The number of carbonyl (C=O) groups is 1. The van der Waals surface area contributed by atoms with Gasteiger partial charge in [0.15, 0.2) is 6.10 Å². The third kappa shape index (κ3) is 3.55. The summed E-state index contributed by atoms with van der Waals surface area (Å²) in [6.07, 6.45) is 2.52. The molecule has 0 aliphatic rings. The van der Waals surface area contributed by atoms with E-state index < -0.39 is 12.1 Å². The van der Waals surface area contributed by atoms with E-state index in [4.69, 9.17) is 32.5 Å². The summed E-state index contributed by atoms with van der Waals surface area (Å²) < 4.78 is 10.5. The normalized spacial score (nSPS) is 12.0. The predicted molar refractivity (Wildman–Crippen MR) is 87.8 cm³/mol. The number of hydrogen-bond acceptors (Lipinski definition) is 6. The molecule has 1 aromatic carbocycles. The second-order valence-corrected chi connectivity index (χ2v) is 5.71. The van der Waals surface area contributed by atoms with Gasteiger partial charge in [0.1, 0.15) is 0 Å². The minimum atomic E-state index is -0.734. The molecular weight excluding hydrogens is 353 g/mol. The Bertz CT molecular complexity index is 868. The smallest absolute Gasteiger partial charge is 0.340 e. The van der Waals surface area contributed by atoms with Crippen LogP contribution in [0.1, 0.15) is 29.3 Å². The zero-order chi connectivity index (χ0) is 17.1. The van der Waals surface area contributed by atoms with Crippen molar-refractivity contribution in [2.24, 2.45) is 0 Å². The molecule has 0 aliphatic heterocycles. The Morgan fingerprint density at radius 1 is 1.29 bits per heavy atom. The summed E-state index contributed by atoms with van der Waals surface area (Å²) in [7, 11) is 0. The van der Waals surface area contributed by atoms with E-state index in [0.29, 0.717) is 16.4 Å². The topological polar surface area (TPSA) is 78.1 Å². The molecule has 0 bridgehead atoms. The first kappa shape index (κ1) is 16.4. The van der Waals surface area contributed by atoms with Crippen LogP contribution in [0.2, 0.25) is 10.0 Å². The van der Waals surface area contributed by atoms with Crippen LogP contribution in [0.5, 0.6) is 0 Å². The van der Waals surface area contributed by atoms with E-state index >= 15 is 0 Å². The van der Waals surface area contributed by atoms with Crippen LogP contribution < -0.4 is 0 Å². The summed E-state index contributed by atoms with van der Waals surface area (Å²) in [4.78, 5) is 20.4. The molecule has 0 aliphatic carbocycles. The molecule has 0 N–H and O–H groups in total. The van der Waals surface area contributed by atoms with Crippen LogP contribution in [-0.4, -0.2) is 21.1 Å². The molecule has 24 heavy (non-hydrogen) atoms. The molecule has 1 atom stereocenters. The van der Waals surface area contributed by atoms with Crippen molar-refractivity contribution in [3.8, 4) is 11.4 Å². The molecule has 0 amide bonds. The van der Waals surface area contributed by atoms with Crippen LogP contribution in [0.25, 0.3) is 11.4 Å². The standard InChI is InChI=1S/C16H11Cl2N3O3/c1-9(23-16(22)12-5-4-11(17)7-13(12)18)15-20-14(21-24-15)10-3-2-6-19-8-10/h2-9H,1H3. The Morgan fingerprint density at radius 2 is 2.12 bits per heavy atom. The van der Waals surface area contributed by atoms with E-state index in [1.807, 2.05) is 0 Å². The molecule has 0 saturated heterocycles. The SMILES string of the molecule is CC(OC(=O)c1ccc(Cl)cc1Cl)c1nc(-c2cccnc2)no1. The molecule has 0 spiro atoms. The van der Waals surface area contributed by atoms with Crippen molar-refractivity contribution in [2.75, 3.05) is 0 Å². The largest absolute Gasteiger partial charge is 0.449 e. The Labute approximate surface area is 147 Å². The highest BCUT2D eigenvalue weighted by atomic mass is 35.5. The zero-order valence-electron chi connectivity index (χ0n) is 12.4. The molecule has 2 heterocycles. The third-order valence-electron chi connectivity index (χ3n) is 3.14. The predicted octanol–water partition coefficient (Wildman–Crippen LogP) is 4.36. The molecular formula is C16H11Cl2N3O3. The van der Waals surface area contributed by atoms with Gasteiger partial charge < -0.3 is 9.26 Å². The lowest BCUT2D eigenvalue weighted by molar-refractivity contribution is 0.0265. The number of carbonyl (C=O) groups excluding carboxylic acids is 1. The number of hydrogen-bond donors (Lipinski definition) is 0. The Balaban J connectivity index is 1.74. The van der Waals surface area contributed by atoms with Gasteiger partial charge in [0.05, 0.1) is 10.6 Å². The number of rotatable bonds is 4. The van der Waals surface area contributed by atoms with E-state index in [9.17, 15) is 4.79 Å². The molecule has 0 fully saturated rings. The second kappa shape index (κ2) is 6.98. The quantitative estimate of drug-likeness (QED) is 0.640. The van der Waals surface area contributed by atoms with E-state index in [1.54, 1.807) is 37.5 Å². The summed E-state index contributed by atoms with van der Waals surface area (Å²) in [5.74, 6) is -0.0666. The molecule has 2 aromatic heterocycles. The van der Waals surface area contributed by atoms with Crippen LogP contribution in [0.15, 0.2) is 47.2 Å². The molecule has 8 heteroatoms. The van der Waals surface area contributed by atoms with Gasteiger partial charge in [-0.25, -0.2) is 4.79 Å². The minimum Gasteiger partial charge on any atom is -0.449 e. The molecule has 0 radical (unpaired) electrons. The number of ether oxygens (including phenoxy) is 1. The second-order valence-electron chi connectivity index (χ2n) is 4.87. The fourth-order valence-corrected chi connectivity index (χ4v) is 2.43. The lowest BCUT2D eigenvalue weighted by Gasteiger charge is -2.10. The fourth-order valence-electron chi connectivity index (χ4n) is 1.94. The Hall–Kier alpha value is -2.44. The summed E-state index contributed by atoms with van der Waals surface area (Å²) in [5, 5.41) is 4.50. The molecule has 1 unspecified atom stereocenters. The molecule has 3 aromatic rings. The van der Waals surface area contributed by atoms with Gasteiger partial charge in [-0.3, -0.25) is 4.98 Å². The number of benzene rings is 1. The van der Waals surface area contributed by atoms with Crippen molar-refractivity contribution in [3.05, 3.63) is 64.2 Å². The van der Waals surface area contributed by atoms with Gasteiger partial charge in [-0.05, 0) is 37.3 Å². The van der Waals surface area contributed by atoms with Gasteiger partial charge in [-0.1, -0.05) is 28.4 Å². The average molecular weight is 364 g/mol. The summed E-state index contributed by atoms with van der Waals surface area (Å²) in [5.41, 5.74) is 0.909. The number of aromatic nitrogens is 3. The minimum absolute atomic E-state index is 0.173. The monoisotopic (exact) mass is 363 g/mol. The Kier molecular flexibility index (Phi) is 4.78. The summed E-state index contributed by atoms with van der Waals surface area (Å²) in [6.45, 7) is 1.63. The van der Waals surface area contributed by atoms with E-state index in [2.05, 4.69) is 15.1 Å². The van der Waals surface area contributed by atoms with Crippen molar-refractivity contribution in [1.82, 2.24) is 15.1 Å². The maximum Gasteiger partial charge on any atom is 0.340 e. The summed E-state index contributed by atoms with van der Waals surface area (Å²) in [6, 6.07) is 8.08. The average Bonchev–Trinajstić information content (AvgIpc) is 3.05. The maximum atomic E-state index is 12.2. The van der Waals surface area contributed by atoms with E-state index in [0.717, 1.165) is 0 Å². The maximum absolute atomic E-state index is 12.2. The highest BCUT2D eigenvalue weighted by molar-refractivity contribution is 6.36. The number of halogens is 2. The van der Waals surface area contributed by atoms with Gasteiger partial charge in [-0.2, -0.15) is 4.98 Å². The molecule has 3 rings (SSSR count). The Morgan fingerprint density at radius 3 is 2.83 bits per heavy atom.